The monoisotopic (exact) mass is 821 g/mol. The maximum absolute atomic E-state index is 2.45. The molecule has 0 aliphatic rings. The van der Waals surface area contributed by atoms with Crippen LogP contribution in [0.15, 0.2) is 237 Å². The van der Waals surface area contributed by atoms with Gasteiger partial charge in [0, 0.05) is 17.1 Å². The van der Waals surface area contributed by atoms with Crippen LogP contribution in [0.3, 0.4) is 0 Å². The van der Waals surface area contributed by atoms with Gasteiger partial charge in [0.05, 0.1) is 0 Å². The van der Waals surface area contributed by atoms with Crippen LogP contribution in [0.1, 0.15) is 0 Å². The van der Waals surface area contributed by atoms with E-state index in [-0.39, 0.29) is 0 Å². The fourth-order valence-electron chi connectivity index (χ4n) is 11.4. The van der Waals surface area contributed by atoms with Gasteiger partial charge in [0.1, 0.15) is 0 Å². The summed E-state index contributed by atoms with van der Waals surface area (Å²) in [5, 5.41) is 20.9. The summed E-state index contributed by atoms with van der Waals surface area (Å²) >= 11 is 0. The summed E-state index contributed by atoms with van der Waals surface area (Å²) in [6.07, 6.45) is 0. The average molecular weight is 822 g/mol. The summed E-state index contributed by atoms with van der Waals surface area (Å²) in [7, 11) is 0. The quantitative estimate of drug-likeness (QED) is 0.119. The third-order valence-electron chi connectivity index (χ3n) is 14.1. The first-order valence-corrected chi connectivity index (χ1v) is 22.6. The minimum absolute atomic E-state index is 1.10. The minimum atomic E-state index is 1.10. The fourth-order valence-corrected chi connectivity index (χ4v) is 11.4. The molecule has 300 valence electrons. The molecular weight excluding hydrogens is 783 g/mol. The Kier molecular flexibility index (Phi) is 7.75. The molecule has 65 heavy (non-hydrogen) atoms. The lowest BCUT2D eigenvalue weighted by atomic mass is 9.83. The van der Waals surface area contributed by atoms with Gasteiger partial charge in [-0.25, -0.2) is 0 Å². The van der Waals surface area contributed by atoms with Crippen LogP contribution in [0.4, 0.5) is 17.1 Å². The SMILES string of the molecule is c1ccc(-c2cc(-c3cccc(N(c4ccccc4)c4ccc(-c5ccc6c7cccc8cccc(c9cccc5c96)c87)cc4)c3)c3c4cccc5cccc(c6cccc2c63)c54)cc1. The number of para-hydroxylation sites is 1. The predicted molar refractivity (Wildman–Crippen MR) is 280 cm³/mol. The second-order valence-corrected chi connectivity index (χ2v) is 17.5. The molecule has 14 rings (SSSR count). The molecule has 0 aliphatic heterocycles. The molecule has 0 bridgehead atoms. The summed E-state index contributed by atoms with van der Waals surface area (Å²) in [6.45, 7) is 0. The van der Waals surface area contributed by atoms with E-state index in [0.717, 1.165) is 17.1 Å². The molecular formula is C64H39N. The van der Waals surface area contributed by atoms with Crippen LogP contribution in [0.2, 0.25) is 0 Å². The van der Waals surface area contributed by atoms with Crippen molar-refractivity contribution in [2.45, 2.75) is 0 Å². The van der Waals surface area contributed by atoms with E-state index in [1.54, 1.807) is 0 Å². The molecule has 0 heterocycles. The van der Waals surface area contributed by atoms with Crippen LogP contribution in [-0.4, -0.2) is 0 Å². The van der Waals surface area contributed by atoms with Crippen molar-refractivity contribution in [3.05, 3.63) is 237 Å². The van der Waals surface area contributed by atoms with Gasteiger partial charge in [-0.3, -0.25) is 0 Å². The highest BCUT2D eigenvalue weighted by molar-refractivity contribution is 6.37. The van der Waals surface area contributed by atoms with Gasteiger partial charge >= 0.3 is 0 Å². The van der Waals surface area contributed by atoms with Gasteiger partial charge in [0.15, 0.2) is 0 Å². The Balaban J connectivity index is 0.954. The third-order valence-corrected chi connectivity index (χ3v) is 14.1. The molecule has 0 unspecified atom stereocenters. The summed E-state index contributed by atoms with van der Waals surface area (Å²) < 4.78 is 0. The largest absolute Gasteiger partial charge is 0.310 e. The molecule has 0 aliphatic carbocycles. The molecule has 0 spiro atoms. The van der Waals surface area contributed by atoms with Gasteiger partial charge in [0.25, 0.3) is 0 Å². The summed E-state index contributed by atoms with van der Waals surface area (Å²) in [6, 6.07) is 87.8. The lowest BCUT2D eigenvalue weighted by molar-refractivity contribution is 1.28. The van der Waals surface area contributed by atoms with Gasteiger partial charge in [0.2, 0.25) is 0 Å². The topological polar surface area (TPSA) is 3.24 Å². The van der Waals surface area contributed by atoms with Gasteiger partial charge < -0.3 is 4.90 Å². The van der Waals surface area contributed by atoms with E-state index in [9.17, 15) is 0 Å². The first-order chi connectivity index (χ1) is 32.3. The number of hydrogen-bond donors (Lipinski definition) is 0. The molecule has 0 atom stereocenters. The van der Waals surface area contributed by atoms with Crippen molar-refractivity contribution in [3.8, 4) is 33.4 Å². The number of benzene rings is 14. The highest BCUT2D eigenvalue weighted by Gasteiger charge is 2.22. The molecule has 1 nitrogen and oxygen atoms in total. The van der Waals surface area contributed by atoms with Crippen LogP contribution in [0.25, 0.3) is 120 Å². The molecule has 0 radical (unpaired) electrons. The average Bonchev–Trinajstić information content (AvgIpc) is 3.37. The number of rotatable bonds is 6. The standard InChI is InChI=1S/C64H39N/c1-3-14-40(15-4-1)58-39-59(64-57-31-11-19-43-18-10-25-51(61(43)57)54-29-13-30-55(58)63(54)64)44-20-7-23-47(38-44)65(45-21-5-2-6-22-45)46-34-32-41(33-35-46)48-36-37-56-52-26-9-17-42-16-8-24-50(60(42)52)53-28-12-27-49(48)62(53)56/h1-39H. The van der Waals surface area contributed by atoms with Gasteiger partial charge in [-0.15, -0.1) is 0 Å². The van der Waals surface area contributed by atoms with Crippen LogP contribution in [0, 0.1) is 0 Å². The third kappa shape index (κ3) is 5.33. The predicted octanol–water partition coefficient (Wildman–Crippen LogP) is 18.3. The Morgan fingerprint density at radius 3 is 1.31 bits per heavy atom. The minimum Gasteiger partial charge on any atom is -0.310 e. The molecule has 14 aromatic carbocycles. The molecule has 0 saturated heterocycles. The Labute approximate surface area is 376 Å². The first kappa shape index (κ1) is 36.0. The Bertz CT molecular complexity index is 4090. The normalized spacial score (nSPS) is 12.0. The Morgan fingerprint density at radius 2 is 0.646 bits per heavy atom. The first-order valence-electron chi connectivity index (χ1n) is 22.6. The molecule has 0 aromatic heterocycles. The summed E-state index contributed by atoms with van der Waals surface area (Å²) in [4.78, 5) is 2.40. The van der Waals surface area contributed by atoms with Crippen molar-refractivity contribution < 1.29 is 0 Å². The molecule has 0 fully saturated rings. The zero-order chi connectivity index (χ0) is 42.6. The van der Waals surface area contributed by atoms with Crippen LogP contribution in [0.5, 0.6) is 0 Å². The van der Waals surface area contributed by atoms with Crippen molar-refractivity contribution in [3.63, 3.8) is 0 Å². The molecule has 1 heteroatoms. The van der Waals surface area contributed by atoms with Crippen LogP contribution >= 0.6 is 0 Å². The zero-order valence-corrected chi connectivity index (χ0v) is 35.5. The molecule has 0 saturated carbocycles. The van der Waals surface area contributed by atoms with E-state index in [0.29, 0.717) is 0 Å². The summed E-state index contributed by atoms with van der Waals surface area (Å²) in [5.74, 6) is 0. The zero-order valence-electron chi connectivity index (χ0n) is 35.5. The molecule has 0 amide bonds. The fraction of sp³-hybridized carbons (Fsp3) is 0. The van der Waals surface area contributed by atoms with E-state index in [4.69, 9.17) is 0 Å². The molecule has 0 N–H and O–H groups in total. The summed E-state index contributed by atoms with van der Waals surface area (Å²) in [5.41, 5.74) is 10.6. The van der Waals surface area contributed by atoms with Crippen molar-refractivity contribution in [2.24, 2.45) is 0 Å². The van der Waals surface area contributed by atoms with Crippen LogP contribution < -0.4 is 4.90 Å². The highest BCUT2D eigenvalue weighted by atomic mass is 15.1. The second kappa shape index (κ2) is 14.0. The maximum atomic E-state index is 2.45. The van der Waals surface area contributed by atoms with Gasteiger partial charge in [-0.1, -0.05) is 194 Å². The maximum Gasteiger partial charge on any atom is 0.0467 e. The van der Waals surface area contributed by atoms with Crippen molar-refractivity contribution in [1.29, 1.82) is 0 Å². The van der Waals surface area contributed by atoms with E-state index in [2.05, 4.69) is 241 Å². The lowest BCUT2D eigenvalue weighted by Crippen LogP contribution is -2.09. The second-order valence-electron chi connectivity index (χ2n) is 17.5. The van der Waals surface area contributed by atoms with E-state index in [1.807, 2.05) is 0 Å². The smallest absolute Gasteiger partial charge is 0.0467 e. The number of hydrogen-bond acceptors (Lipinski definition) is 1. The lowest BCUT2D eigenvalue weighted by Gasteiger charge is -2.27. The highest BCUT2D eigenvalue weighted by Crippen LogP contribution is 2.49. The number of anilines is 3. The molecule has 14 aromatic rings. The van der Waals surface area contributed by atoms with Crippen LogP contribution in [-0.2, 0) is 0 Å². The van der Waals surface area contributed by atoms with Crippen molar-refractivity contribution in [2.75, 3.05) is 4.90 Å². The van der Waals surface area contributed by atoms with Crippen molar-refractivity contribution in [1.82, 2.24) is 0 Å². The van der Waals surface area contributed by atoms with E-state index < -0.39 is 0 Å². The number of nitrogens with zero attached hydrogens (tertiary/aromatic N) is 1. The van der Waals surface area contributed by atoms with Gasteiger partial charge in [-0.05, 0) is 162 Å². The van der Waals surface area contributed by atoms with E-state index >= 15 is 0 Å². The Morgan fingerprint density at radius 1 is 0.200 bits per heavy atom. The number of fused-ring (bicyclic) bond motifs is 4. The Hall–Kier alpha value is -8.52. The van der Waals surface area contributed by atoms with Crippen molar-refractivity contribution >= 4 is 103 Å². The van der Waals surface area contributed by atoms with Gasteiger partial charge in [-0.2, -0.15) is 0 Å². The van der Waals surface area contributed by atoms with E-state index in [1.165, 1.54) is 120 Å².